The van der Waals surface area contributed by atoms with Crippen molar-refractivity contribution in [3.63, 3.8) is 0 Å². The second-order valence-corrected chi connectivity index (χ2v) is 6.87. The van der Waals surface area contributed by atoms with E-state index in [1.807, 2.05) is 6.92 Å². The molecule has 2 rings (SSSR count). The average molecular weight is 392 g/mol. The third-order valence-electron chi connectivity index (χ3n) is 4.87. The minimum Gasteiger partial charge on any atom is -0.493 e. The second-order valence-electron chi connectivity index (χ2n) is 6.87. The number of para-hydroxylation sites is 1. The fraction of sp³-hybridized carbons (Fsp3) is 0.550. The number of aliphatic carboxylic acids is 1. The number of ether oxygens (including phenoxy) is 2. The number of carboxylic acids is 1. The zero-order chi connectivity index (χ0) is 20.6. The van der Waals surface area contributed by atoms with Crippen LogP contribution >= 0.6 is 0 Å². The predicted octanol–water partition coefficient (Wildman–Crippen LogP) is 1.54. The van der Waals surface area contributed by atoms with Crippen LogP contribution in [-0.4, -0.2) is 67.7 Å². The predicted molar refractivity (Wildman–Crippen MR) is 102 cm³/mol. The van der Waals surface area contributed by atoms with Crippen LogP contribution in [-0.2, 0) is 14.3 Å². The lowest BCUT2D eigenvalue weighted by atomic mass is 9.88. The first-order chi connectivity index (χ1) is 13.4. The Balaban J connectivity index is 1.79. The summed E-state index contributed by atoms with van der Waals surface area (Å²) in [5.74, 6) is -0.769. The van der Waals surface area contributed by atoms with Crippen LogP contribution in [0.4, 0.5) is 0 Å². The fourth-order valence-electron chi connectivity index (χ4n) is 3.35. The van der Waals surface area contributed by atoms with Gasteiger partial charge in [0.15, 0.2) is 0 Å². The van der Waals surface area contributed by atoms with Gasteiger partial charge in [0.1, 0.15) is 11.2 Å². The summed E-state index contributed by atoms with van der Waals surface area (Å²) in [4.78, 5) is 37.8. The van der Waals surface area contributed by atoms with Crippen LogP contribution in [0.3, 0.4) is 0 Å². The zero-order valence-electron chi connectivity index (χ0n) is 16.4. The Morgan fingerprint density at radius 1 is 1.29 bits per heavy atom. The van der Waals surface area contributed by atoms with E-state index in [0.717, 1.165) is 0 Å². The first-order valence-corrected chi connectivity index (χ1v) is 9.43. The summed E-state index contributed by atoms with van der Waals surface area (Å²) in [6.45, 7) is 3.31. The summed E-state index contributed by atoms with van der Waals surface area (Å²) in [6.07, 6.45) is 1.10. The summed E-state index contributed by atoms with van der Waals surface area (Å²) >= 11 is 0. The zero-order valence-corrected chi connectivity index (χ0v) is 16.4. The molecule has 0 saturated carbocycles. The van der Waals surface area contributed by atoms with Gasteiger partial charge in [-0.3, -0.25) is 14.4 Å². The molecule has 1 aliphatic heterocycles. The molecule has 1 heterocycles. The summed E-state index contributed by atoms with van der Waals surface area (Å²) in [5.41, 5.74) is -0.567. The molecule has 1 aromatic carbocycles. The molecule has 28 heavy (non-hydrogen) atoms. The Labute approximate surface area is 164 Å². The molecule has 0 spiro atoms. The highest BCUT2D eigenvalue weighted by atomic mass is 16.5. The largest absolute Gasteiger partial charge is 0.493 e. The minimum atomic E-state index is -1.03. The number of likely N-dealkylation sites (tertiary alicyclic amines) is 1. The summed E-state index contributed by atoms with van der Waals surface area (Å²) in [6, 6.07) is 7.00. The number of hydrogen-bond donors (Lipinski definition) is 2. The molecule has 1 fully saturated rings. The molecule has 1 aliphatic rings. The number of rotatable bonds is 10. The normalized spacial score (nSPS) is 18.7. The van der Waals surface area contributed by atoms with Crippen molar-refractivity contribution in [2.75, 3.05) is 40.0 Å². The molecule has 1 aromatic rings. The number of carbonyl (C=O) groups is 3. The Hall–Kier alpha value is -2.61. The maximum absolute atomic E-state index is 12.4. The fourth-order valence-corrected chi connectivity index (χ4v) is 3.35. The van der Waals surface area contributed by atoms with Gasteiger partial charge >= 0.3 is 5.97 Å². The van der Waals surface area contributed by atoms with Crippen molar-refractivity contribution >= 4 is 17.8 Å². The molecule has 8 heteroatoms. The van der Waals surface area contributed by atoms with E-state index in [9.17, 15) is 19.5 Å². The third-order valence-corrected chi connectivity index (χ3v) is 4.87. The minimum absolute atomic E-state index is 0.0847. The van der Waals surface area contributed by atoms with Gasteiger partial charge in [-0.25, -0.2) is 0 Å². The van der Waals surface area contributed by atoms with Gasteiger partial charge in [0.2, 0.25) is 5.91 Å². The number of hydrogen-bond acceptors (Lipinski definition) is 5. The monoisotopic (exact) mass is 392 g/mol. The van der Waals surface area contributed by atoms with Gasteiger partial charge in [0, 0.05) is 33.2 Å². The smallest absolute Gasteiger partial charge is 0.313 e. The van der Waals surface area contributed by atoms with E-state index in [1.165, 1.54) is 7.11 Å². The van der Waals surface area contributed by atoms with Gasteiger partial charge in [-0.05, 0) is 31.9 Å². The van der Waals surface area contributed by atoms with Crippen LogP contribution in [0.2, 0.25) is 0 Å². The second kappa shape index (κ2) is 10.1. The van der Waals surface area contributed by atoms with Crippen molar-refractivity contribution in [2.45, 2.75) is 26.2 Å². The van der Waals surface area contributed by atoms with Crippen LogP contribution in [0, 0.1) is 5.41 Å². The molecule has 1 atom stereocenters. The van der Waals surface area contributed by atoms with E-state index in [-0.39, 0.29) is 31.4 Å². The van der Waals surface area contributed by atoms with E-state index in [1.54, 1.807) is 29.2 Å². The van der Waals surface area contributed by atoms with Crippen molar-refractivity contribution in [1.82, 2.24) is 10.2 Å². The summed E-state index contributed by atoms with van der Waals surface area (Å²) in [5, 5.41) is 12.3. The van der Waals surface area contributed by atoms with Gasteiger partial charge in [0.05, 0.1) is 18.8 Å². The van der Waals surface area contributed by atoms with Gasteiger partial charge in [0.25, 0.3) is 5.91 Å². The van der Waals surface area contributed by atoms with Gasteiger partial charge < -0.3 is 24.8 Å². The maximum Gasteiger partial charge on any atom is 0.313 e. The number of nitrogens with zero attached hydrogens (tertiary/aromatic N) is 1. The Morgan fingerprint density at radius 3 is 2.71 bits per heavy atom. The lowest BCUT2D eigenvalue weighted by Crippen LogP contribution is -2.40. The van der Waals surface area contributed by atoms with Crippen molar-refractivity contribution < 1.29 is 29.0 Å². The van der Waals surface area contributed by atoms with E-state index >= 15 is 0 Å². The number of carboxylic acid groups (broad SMARTS) is 1. The molecule has 0 aliphatic carbocycles. The lowest BCUT2D eigenvalue weighted by molar-refractivity contribution is -0.151. The van der Waals surface area contributed by atoms with Gasteiger partial charge in [-0.15, -0.1) is 0 Å². The van der Waals surface area contributed by atoms with Crippen molar-refractivity contribution in [1.29, 1.82) is 0 Å². The molecule has 0 bridgehead atoms. The topological polar surface area (TPSA) is 105 Å². The highest BCUT2D eigenvalue weighted by Gasteiger charge is 2.46. The van der Waals surface area contributed by atoms with Crippen molar-refractivity contribution in [3.05, 3.63) is 29.8 Å². The van der Waals surface area contributed by atoms with Crippen molar-refractivity contribution in [3.8, 4) is 5.75 Å². The number of amides is 2. The highest BCUT2D eigenvalue weighted by Crippen LogP contribution is 2.31. The summed E-state index contributed by atoms with van der Waals surface area (Å²) < 4.78 is 10.5. The Bertz CT molecular complexity index is 708. The molecular formula is C20H28N2O6. The van der Waals surface area contributed by atoms with E-state index < -0.39 is 11.4 Å². The molecule has 2 amide bonds. The van der Waals surface area contributed by atoms with Gasteiger partial charge in [-0.2, -0.15) is 0 Å². The van der Waals surface area contributed by atoms with E-state index in [4.69, 9.17) is 9.47 Å². The summed E-state index contributed by atoms with van der Waals surface area (Å²) in [7, 11) is 1.46. The van der Waals surface area contributed by atoms with Crippen molar-refractivity contribution in [2.24, 2.45) is 5.41 Å². The van der Waals surface area contributed by atoms with Gasteiger partial charge in [-0.1, -0.05) is 12.1 Å². The quantitative estimate of drug-likeness (QED) is 0.585. The molecule has 154 valence electrons. The Morgan fingerprint density at radius 2 is 2.04 bits per heavy atom. The first kappa shape index (κ1) is 21.7. The number of methoxy groups -OCH3 is 1. The van der Waals surface area contributed by atoms with Crippen LogP contribution in [0.15, 0.2) is 24.3 Å². The SMILES string of the molecule is CCOc1ccccc1C(=O)NCCCC(=O)N1CCC(COC)(C(=O)O)C1. The van der Waals surface area contributed by atoms with E-state index in [2.05, 4.69) is 5.32 Å². The molecule has 8 nitrogen and oxygen atoms in total. The molecule has 0 aromatic heterocycles. The van der Waals surface area contributed by atoms with Crippen LogP contribution in [0.1, 0.15) is 36.5 Å². The van der Waals surface area contributed by atoms with Crippen LogP contribution < -0.4 is 10.1 Å². The number of benzene rings is 1. The third kappa shape index (κ3) is 5.22. The first-order valence-electron chi connectivity index (χ1n) is 9.43. The lowest BCUT2D eigenvalue weighted by Gasteiger charge is -2.23. The van der Waals surface area contributed by atoms with E-state index in [0.29, 0.717) is 43.9 Å². The molecule has 2 N–H and O–H groups in total. The molecule has 1 unspecified atom stereocenters. The number of nitrogens with one attached hydrogen (secondary N) is 1. The number of carbonyl (C=O) groups excluding carboxylic acids is 2. The molecular weight excluding hydrogens is 364 g/mol. The van der Waals surface area contributed by atoms with Crippen LogP contribution in [0.5, 0.6) is 5.75 Å². The molecule has 0 radical (unpaired) electrons. The Kier molecular flexibility index (Phi) is 7.80. The molecule has 1 saturated heterocycles. The standard InChI is InChI=1S/C20H28N2O6/c1-3-28-16-8-5-4-7-15(16)18(24)21-11-6-9-17(23)22-12-10-20(13-22,14-27-2)19(25)26/h4-5,7-8H,3,6,9-14H2,1-2H3,(H,21,24)(H,25,26). The highest BCUT2D eigenvalue weighted by molar-refractivity contribution is 5.96. The average Bonchev–Trinajstić information content (AvgIpc) is 3.12. The maximum atomic E-state index is 12.4. The van der Waals surface area contributed by atoms with Crippen LogP contribution in [0.25, 0.3) is 0 Å².